The van der Waals surface area contributed by atoms with E-state index < -0.39 is 10.0 Å². The van der Waals surface area contributed by atoms with Gasteiger partial charge in [0, 0.05) is 37.7 Å². The van der Waals surface area contributed by atoms with Gasteiger partial charge in [-0.3, -0.25) is 4.90 Å². The molecule has 2 aromatic rings. The largest absolute Gasteiger partial charge is 0.497 e. The Labute approximate surface area is 165 Å². The van der Waals surface area contributed by atoms with Crippen molar-refractivity contribution in [3.05, 3.63) is 53.6 Å². The van der Waals surface area contributed by atoms with Crippen LogP contribution in [0.4, 0.5) is 0 Å². The quantitative estimate of drug-likeness (QED) is 0.702. The maximum Gasteiger partial charge on any atom is 0.243 e. The Balaban J connectivity index is 1.46. The summed E-state index contributed by atoms with van der Waals surface area (Å²) < 4.78 is 37.8. The number of methoxy groups -OCH3 is 1. The minimum absolute atomic E-state index is 0.281. The van der Waals surface area contributed by atoms with Gasteiger partial charge >= 0.3 is 0 Å². The van der Waals surface area contributed by atoms with Crippen molar-refractivity contribution in [1.82, 2.24) is 9.21 Å². The van der Waals surface area contributed by atoms with Gasteiger partial charge in [-0.2, -0.15) is 4.31 Å². The predicted octanol–water partition coefficient (Wildman–Crippen LogP) is 2.73. The molecule has 146 valence electrons. The molecular weight excluding hydrogens is 388 g/mol. The molecule has 0 radical (unpaired) electrons. The van der Waals surface area contributed by atoms with Gasteiger partial charge in [0.05, 0.1) is 12.0 Å². The van der Waals surface area contributed by atoms with Crippen LogP contribution in [-0.2, 0) is 10.0 Å². The number of nitrogens with zero attached hydrogens (tertiary/aromatic N) is 2. The second kappa shape index (κ2) is 8.93. The Kier molecular flexibility index (Phi) is 6.59. The highest BCUT2D eigenvalue weighted by Crippen LogP contribution is 2.20. The summed E-state index contributed by atoms with van der Waals surface area (Å²) in [5.41, 5.74) is 0. The van der Waals surface area contributed by atoms with Crippen molar-refractivity contribution in [3.63, 3.8) is 0 Å². The second-order valence-electron chi connectivity index (χ2n) is 6.22. The van der Waals surface area contributed by atoms with Crippen LogP contribution in [-0.4, -0.2) is 64.1 Å². The Morgan fingerprint density at radius 1 is 0.926 bits per heavy atom. The Hall–Kier alpha value is -1.80. The lowest BCUT2D eigenvalue weighted by molar-refractivity contribution is 0.159. The molecule has 1 heterocycles. The fourth-order valence-corrected chi connectivity index (χ4v) is 4.46. The van der Waals surface area contributed by atoms with Crippen molar-refractivity contribution in [2.75, 3.05) is 46.4 Å². The maximum atomic E-state index is 12.7. The lowest BCUT2D eigenvalue weighted by Crippen LogP contribution is -2.49. The van der Waals surface area contributed by atoms with Crippen LogP contribution in [0.3, 0.4) is 0 Å². The van der Waals surface area contributed by atoms with Crippen molar-refractivity contribution in [1.29, 1.82) is 0 Å². The monoisotopic (exact) mass is 410 g/mol. The third-order valence-corrected chi connectivity index (χ3v) is 6.68. The zero-order valence-corrected chi connectivity index (χ0v) is 16.7. The van der Waals surface area contributed by atoms with Crippen LogP contribution < -0.4 is 9.47 Å². The van der Waals surface area contributed by atoms with E-state index in [1.165, 1.54) is 4.31 Å². The molecule has 8 heteroatoms. The van der Waals surface area contributed by atoms with Gasteiger partial charge in [0.25, 0.3) is 0 Å². The topological polar surface area (TPSA) is 59.1 Å². The van der Waals surface area contributed by atoms with Crippen LogP contribution in [0.5, 0.6) is 11.5 Å². The smallest absolute Gasteiger partial charge is 0.243 e. The SMILES string of the molecule is COc1ccc(OCCN2CCN(S(=O)(=O)c3ccc(Cl)cc3)CC2)cc1. The van der Waals surface area contributed by atoms with E-state index in [2.05, 4.69) is 4.90 Å². The normalized spacial score (nSPS) is 16.2. The van der Waals surface area contributed by atoms with Crippen LogP contribution in [0, 0.1) is 0 Å². The molecule has 0 N–H and O–H groups in total. The summed E-state index contributed by atoms with van der Waals surface area (Å²) in [5.74, 6) is 1.58. The van der Waals surface area contributed by atoms with Crippen molar-refractivity contribution < 1.29 is 17.9 Å². The molecule has 0 aliphatic carbocycles. The van der Waals surface area contributed by atoms with Gasteiger partial charge in [-0.25, -0.2) is 8.42 Å². The Morgan fingerprint density at radius 3 is 2.11 bits per heavy atom. The molecule has 3 rings (SSSR count). The summed E-state index contributed by atoms with van der Waals surface area (Å²) in [6.07, 6.45) is 0. The molecule has 0 amide bonds. The molecule has 0 unspecified atom stereocenters. The minimum atomic E-state index is -3.47. The zero-order valence-electron chi connectivity index (χ0n) is 15.2. The van der Waals surface area contributed by atoms with Crippen LogP contribution in [0.15, 0.2) is 53.4 Å². The summed E-state index contributed by atoms with van der Waals surface area (Å²) in [7, 11) is -1.84. The summed E-state index contributed by atoms with van der Waals surface area (Å²) in [6, 6.07) is 13.7. The fourth-order valence-electron chi connectivity index (χ4n) is 2.91. The van der Waals surface area contributed by atoms with Gasteiger partial charge in [0.1, 0.15) is 18.1 Å². The van der Waals surface area contributed by atoms with Crippen molar-refractivity contribution in [3.8, 4) is 11.5 Å². The first-order valence-corrected chi connectivity index (χ1v) is 10.6. The molecule has 1 aliphatic heterocycles. The van der Waals surface area contributed by atoms with E-state index in [0.29, 0.717) is 37.8 Å². The summed E-state index contributed by atoms with van der Waals surface area (Å²) in [5, 5.41) is 0.524. The van der Waals surface area contributed by atoms with E-state index in [9.17, 15) is 8.42 Å². The molecule has 6 nitrogen and oxygen atoms in total. The molecule has 0 bridgehead atoms. The minimum Gasteiger partial charge on any atom is -0.497 e. The van der Waals surface area contributed by atoms with Gasteiger partial charge in [0.15, 0.2) is 0 Å². The highest BCUT2D eigenvalue weighted by molar-refractivity contribution is 7.89. The van der Waals surface area contributed by atoms with Gasteiger partial charge in [-0.15, -0.1) is 0 Å². The highest BCUT2D eigenvalue weighted by atomic mass is 35.5. The number of ether oxygens (including phenoxy) is 2. The number of hydrogen-bond donors (Lipinski definition) is 0. The van der Waals surface area contributed by atoms with E-state index in [-0.39, 0.29) is 4.90 Å². The van der Waals surface area contributed by atoms with Gasteiger partial charge in [0.2, 0.25) is 10.0 Å². The third-order valence-electron chi connectivity index (χ3n) is 4.52. The molecule has 1 saturated heterocycles. The summed E-state index contributed by atoms with van der Waals surface area (Å²) in [6.45, 7) is 3.59. The molecule has 0 atom stereocenters. The standard InChI is InChI=1S/C19H23ClN2O4S/c1-25-17-4-6-18(7-5-17)26-15-14-21-10-12-22(13-11-21)27(23,24)19-8-2-16(20)3-9-19/h2-9H,10-15H2,1H3. The zero-order chi connectivity index (χ0) is 19.3. The predicted molar refractivity (Wildman–Crippen MR) is 105 cm³/mol. The third kappa shape index (κ3) is 5.13. The molecular formula is C19H23ClN2O4S. The average Bonchev–Trinajstić information content (AvgIpc) is 2.69. The van der Waals surface area contributed by atoms with Crippen LogP contribution >= 0.6 is 11.6 Å². The maximum absolute atomic E-state index is 12.7. The van der Waals surface area contributed by atoms with Crippen LogP contribution in [0.25, 0.3) is 0 Å². The highest BCUT2D eigenvalue weighted by Gasteiger charge is 2.28. The summed E-state index contributed by atoms with van der Waals surface area (Å²) >= 11 is 5.84. The van der Waals surface area contributed by atoms with Crippen molar-refractivity contribution in [2.45, 2.75) is 4.90 Å². The fraction of sp³-hybridized carbons (Fsp3) is 0.368. The molecule has 27 heavy (non-hydrogen) atoms. The van der Waals surface area contributed by atoms with E-state index in [1.54, 1.807) is 31.4 Å². The lowest BCUT2D eigenvalue weighted by Gasteiger charge is -2.33. The first-order chi connectivity index (χ1) is 13.0. The van der Waals surface area contributed by atoms with Gasteiger partial charge < -0.3 is 9.47 Å². The Bertz CT molecular complexity index is 833. The summed E-state index contributed by atoms with van der Waals surface area (Å²) in [4.78, 5) is 2.49. The van der Waals surface area contributed by atoms with Crippen molar-refractivity contribution in [2.24, 2.45) is 0 Å². The number of sulfonamides is 1. The molecule has 0 spiro atoms. The van der Waals surface area contributed by atoms with Gasteiger partial charge in [-0.05, 0) is 48.5 Å². The first-order valence-electron chi connectivity index (χ1n) is 8.74. The number of piperazine rings is 1. The first kappa shape index (κ1) is 19.9. The average molecular weight is 411 g/mol. The number of rotatable bonds is 7. The number of halogens is 1. The molecule has 2 aromatic carbocycles. The van der Waals surface area contributed by atoms with Crippen molar-refractivity contribution >= 4 is 21.6 Å². The van der Waals surface area contributed by atoms with E-state index in [1.807, 2.05) is 24.3 Å². The lowest BCUT2D eigenvalue weighted by atomic mass is 10.3. The Morgan fingerprint density at radius 2 is 1.52 bits per heavy atom. The molecule has 1 aliphatic rings. The molecule has 0 saturated carbocycles. The molecule has 0 aromatic heterocycles. The second-order valence-corrected chi connectivity index (χ2v) is 8.60. The number of hydrogen-bond acceptors (Lipinski definition) is 5. The van der Waals surface area contributed by atoms with Crippen LogP contribution in [0.2, 0.25) is 5.02 Å². The van der Waals surface area contributed by atoms with E-state index >= 15 is 0 Å². The van der Waals surface area contributed by atoms with Crippen LogP contribution in [0.1, 0.15) is 0 Å². The van der Waals surface area contributed by atoms with Gasteiger partial charge in [-0.1, -0.05) is 11.6 Å². The van der Waals surface area contributed by atoms with E-state index in [4.69, 9.17) is 21.1 Å². The number of benzene rings is 2. The van der Waals surface area contributed by atoms with E-state index in [0.717, 1.165) is 18.0 Å². The molecule has 1 fully saturated rings.